The van der Waals surface area contributed by atoms with E-state index in [4.69, 9.17) is 0 Å². The van der Waals surface area contributed by atoms with E-state index in [-0.39, 0.29) is 0 Å². The Labute approximate surface area is 128 Å². The van der Waals surface area contributed by atoms with Crippen molar-refractivity contribution in [3.8, 4) is 0 Å². The van der Waals surface area contributed by atoms with Crippen LogP contribution in [0.25, 0.3) is 0 Å². The molecule has 0 aromatic heterocycles. The zero-order valence-corrected chi connectivity index (χ0v) is 13.1. The van der Waals surface area contributed by atoms with Crippen molar-refractivity contribution in [2.75, 3.05) is 11.1 Å². The number of hydrogen-bond acceptors (Lipinski definition) is 2. The highest BCUT2D eigenvalue weighted by atomic mass is 32.2. The number of nitrogens with one attached hydrogen (secondary N) is 1. The molecule has 0 radical (unpaired) electrons. The molecule has 21 heavy (non-hydrogen) atoms. The molecule has 5 heteroatoms. The van der Waals surface area contributed by atoms with Gasteiger partial charge in [-0.2, -0.15) is 13.2 Å². The molecule has 1 aromatic rings. The van der Waals surface area contributed by atoms with Gasteiger partial charge in [0.25, 0.3) is 0 Å². The number of anilines is 1. The van der Waals surface area contributed by atoms with E-state index in [0.717, 1.165) is 30.3 Å². The summed E-state index contributed by atoms with van der Waals surface area (Å²) in [6.07, 6.45) is 1.78. The van der Waals surface area contributed by atoms with E-state index in [9.17, 15) is 13.2 Å². The summed E-state index contributed by atoms with van der Waals surface area (Å²) in [6, 6.07) is 7.71. The van der Waals surface area contributed by atoms with Crippen LogP contribution >= 0.6 is 11.8 Å². The van der Waals surface area contributed by atoms with Crippen LogP contribution < -0.4 is 5.32 Å². The van der Waals surface area contributed by atoms with Crippen LogP contribution in [0.3, 0.4) is 0 Å². The molecule has 2 atom stereocenters. The molecule has 118 valence electrons. The minimum Gasteiger partial charge on any atom is -0.381 e. The molecule has 1 saturated carbocycles. The van der Waals surface area contributed by atoms with Crippen molar-refractivity contribution in [3.05, 3.63) is 24.3 Å². The maximum atomic E-state index is 12.4. The highest BCUT2D eigenvalue weighted by molar-refractivity contribution is 7.99. The second kappa shape index (κ2) is 7.43. The van der Waals surface area contributed by atoms with Gasteiger partial charge < -0.3 is 5.32 Å². The molecule has 0 bridgehead atoms. The monoisotopic (exact) mass is 317 g/mol. The predicted molar refractivity (Wildman–Crippen MR) is 82.9 cm³/mol. The first-order valence-electron chi connectivity index (χ1n) is 7.54. The molecule has 1 nitrogen and oxygen atoms in total. The Bertz CT molecular complexity index is 447. The Morgan fingerprint density at radius 3 is 2.62 bits per heavy atom. The maximum absolute atomic E-state index is 12.4. The van der Waals surface area contributed by atoms with Crippen molar-refractivity contribution in [2.45, 2.75) is 56.1 Å². The van der Waals surface area contributed by atoms with Gasteiger partial charge >= 0.3 is 6.18 Å². The average Bonchev–Trinajstić information content (AvgIpc) is 2.46. The van der Waals surface area contributed by atoms with Crippen molar-refractivity contribution in [1.82, 2.24) is 0 Å². The smallest absolute Gasteiger partial charge is 0.381 e. The van der Waals surface area contributed by atoms with Gasteiger partial charge in [-0.3, -0.25) is 0 Å². The largest absolute Gasteiger partial charge is 0.398 e. The van der Waals surface area contributed by atoms with Gasteiger partial charge in [-0.05, 0) is 30.9 Å². The zero-order chi connectivity index (χ0) is 15.3. The molecule has 0 heterocycles. The summed E-state index contributed by atoms with van der Waals surface area (Å²) in [5, 5.41) is 3.50. The molecule has 1 aromatic carbocycles. The molecule has 0 amide bonds. The number of halogens is 3. The quantitative estimate of drug-likeness (QED) is 0.697. The Hall–Kier alpha value is -0.840. The van der Waals surface area contributed by atoms with E-state index in [1.165, 1.54) is 19.3 Å². The summed E-state index contributed by atoms with van der Waals surface area (Å²) >= 11 is 0.864. The topological polar surface area (TPSA) is 12.0 Å². The Kier molecular flexibility index (Phi) is 5.85. The first-order valence-corrected chi connectivity index (χ1v) is 8.53. The fraction of sp³-hybridized carbons (Fsp3) is 0.625. The van der Waals surface area contributed by atoms with Crippen LogP contribution in [0.5, 0.6) is 0 Å². The fourth-order valence-electron chi connectivity index (χ4n) is 2.96. The maximum Gasteiger partial charge on any atom is 0.398 e. The molecular formula is C16H22F3NS. The standard InChI is InChI=1S/C16H22F3NS/c1-2-12-7-3-4-8-13(12)20-14-9-5-6-10-15(14)21-11-16(17,18)19/h5-6,9-10,12-13,20H,2-4,7-8,11H2,1H3. The van der Waals surface area contributed by atoms with E-state index in [1.54, 1.807) is 12.1 Å². The van der Waals surface area contributed by atoms with E-state index >= 15 is 0 Å². The normalized spacial score (nSPS) is 23.0. The summed E-state index contributed by atoms with van der Waals surface area (Å²) < 4.78 is 37.2. The van der Waals surface area contributed by atoms with Gasteiger partial charge in [0.05, 0.1) is 5.75 Å². The van der Waals surface area contributed by atoms with Gasteiger partial charge in [-0.15, -0.1) is 11.8 Å². The SMILES string of the molecule is CCC1CCCCC1Nc1ccccc1SCC(F)(F)F. The predicted octanol–water partition coefficient (Wildman–Crippen LogP) is 5.72. The van der Waals surface area contributed by atoms with Crippen LogP contribution in [0.1, 0.15) is 39.0 Å². The number of para-hydroxylation sites is 1. The van der Waals surface area contributed by atoms with Crippen molar-refractivity contribution in [3.63, 3.8) is 0 Å². The molecule has 2 rings (SSSR count). The van der Waals surface area contributed by atoms with E-state index in [2.05, 4.69) is 12.2 Å². The summed E-state index contributed by atoms with van der Waals surface area (Å²) in [4.78, 5) is 0.690. The lowest BCUT2D eigenvalue weighted by Crippen LogP contribution is -2.32. The third kappa shape index (κ3) is 5.13. The van der Waals surface area contributed by atoms with Gasteiger partial charge in [0.2, 0.25) is 0 Å². The number of alkyl halides is 3. The Morgan fingerprint density at radius 2 is 1.90 bits per heavy atom. The molecule has 0 spiro atoms. The van der Waals surface area contributed by atoms with Gasteiger partial charge in [-0.25, -0.2) is 0 Å². The lowest BCUT2D eigenvalue weighted by Gasteiger charge is -2.33. The fourth-order valence-corrected chi connectivity index (χ4v) is 3.73. The van der Waals surface area contributed by atoms with Crippen LogP contribution in [-0.4, -0.2) is 18.0 Å². The van der Waals surface area contributed by atoms with Crippen molar-refractivity contribution < 1.29 is 13.2 Å². The summed E-state index contributed by atoms with van der Waals surface area (Å²) in [5.41, 5.74) is 0.845. The lowest BCUT2D eigenvalue weighted by atomic mass is 9.83. The minimum atomic E-state index is -4.13. The van der Waals surface area contributed by atoms with E-state index in [1.807, 2.05) is 12.1 Å². The molecule has 0 saturated heterocycles. The number of benzene rings is 1. The molecular weight excluding hydrogens is 295 g/mol. The van der Waals surface area contributed by atoms with Gasteiger partial charge in [0, 0.05) is 16.6 Å². The average molecular weight is 317 g/mol. The molecule has 1 fully saturated rings. The molecule has 0 aliphatic heterocycles. The third-order valence-electron chi connectivity index (χ3n) is 4.05. The Balaban J connectivity index is 2.05. The number of rotatable bonds is 5. The highest BCUT2D eigenvalue weighted by Gasteiger charge is 2.28. The van der Waals surface area contributed by atoms with Crippen LogP contribution in [0, 0.1) is 5.92 Å². The summed E-state index contributed by atoms with van der Waals surface area (Å²) in [7, 11) is 0. The van der Waals surface area contributed by atoms with Crippen molar-refractivity contribution >= 4 is 17.4 Å². The van der Waals surface area contributed by atoms with E-state index < -0.39 is 11.9 Å². The minimum absolute atomic E-state index is 0.386. The first-order chi connectivity index (χ1) is 9.99. The molecule has 1 N–H and O–H groups in total. The van der Waals surface area contributed by atoms with Crippen molar-refractivity contribution in [1.29, 1.82) is 0 Å². The van der Waals surface area contributed by atoms with Gasteiger partial charge in [0.1, 0.15) is 0 Å². The van der Waals surface area contributed by atoms with Crippen LogP contribution in [0.15, 0.2) is 29.2 Å². The highest BCUT2D eigenvalue weighted by Crippen LogP contribution is 2.35. The molecule has 2 unspecified atom stereocenters. The Morgan fingerprint density at radius 1 is 1.19 bits per heavy atom. The first kappa shape index (κ1) is 16.5. The van der Waals surface area contributed by atoms with Crippen LogP contribution in [0.2, 0.25) is 0 Å². The molecule has 1 aliphatic carbocycles. The molecule has 1 aliphatic rings. The lowest BCUT2D eigenvalue weighted by molar-refractivity contribution is -0.105. The number of hydrogen-bond donors (Lipinski definition) is 1. The summed E-state index contributed by atoms with van der Waals surface area (Å²) in [5.74, 6) is -0.215. The van der Waals surface area contributed by atoms with E-state index in [0.29, 0.717) is 16.9 Å². The third-order valence-corrected chi connectivity index (χ3v) is 5.19. The zero-order valence-electron chi connectivity index (χ0n) is 12.2. The second-order valence-corrected chi connectivity index (χ2v) is 6.62. The van der Waals surface area contributed by atoms with Crippen LogP contribution in [-0.2, 0) is 0 Å². The number of thioether (sulfide) groups is 1. The second-order valence-electron chi connectivity index (χ2n) is 5.60. The van der Waals surface area contributed by atoms with Crippen molar-refractivity contribution in [2.24, 2.45) is 5.92 Å². The van der Waals surface area contributed by atoms with Gasteiger partial charge in [-0.1, -0.05) is 38.3 Å². The van der Waals surface area contributed by atoms with Gasteiger partial charge in [0.15, 0.2) is 0 Å². The van der Waals surface area contributed by atoms with Crippen LogP contribution in [0.4, 0.5) is 18.9 Å². The summed E-state index contributed by atoms with van der Waals surface area (Å²) in [6.45, 7) is 2.19.